The van der Waals surface area contributed by atoms with Crippen LogP contribution in [0.3, 0.4) is 0 Å². The molecule has 2 atom stereocenters. The summed E-state index contributed by atoms with van der Waals surface area (Å²) in [5.74, 6) is 0. The van der Waals surface area contributed by atoms with Gasteiger partial charge in [0, 0.05) is 35.2 Å². The smallest absolute Gasteiger partial charge is 0.0459 e. The summed E-state index contributed by atoms with van der Waals surface area (Å²) in [6, 6.07) is 9.41. The van der Waals surface area contributed by atoms with E-state index in [0.29, 0.717) is 12.1 Å². The second-order valence-electron chi connectivity index (χ2n) is 5.50. The summed E-state index contributed by atoms with van der Waals surface area (Å²) in [5.41, 5.74) is 10.0. The van der Waals surface area contributed by atoms with Crippen molar-refractivity contribution in [2.45, 2.75) is 31.8 Å². The lowest BCUT2D eigenvalue weighted by atomic mass is 9.92. The molecule has 1 aromatic carbocycles. The van der Waals surface area contributed by atoms with E-state index in [-0.39, 0.29) is 0 Å². The number of nitrogens with one attached hydrogen (secondary N) is 1. The number of piperidine rings is 1. The Bertz CT molecular complexity index is 558. The highest BCUT2D eigenvalue weighted by molar-refractivity contribution is 5.85. The molecule has 3 N–H and O–H groups in total. The maximum absolute atomic E-state index is 6.04. The summed E-state index contributed by atoms with van der Waals surface area (Å²) in [4.78, 5) is 5.90. The van der Waals surface area contributed by atoms with E-state index in [1.54, 1.807) is 0 Å². The average molecular weight is 243 g/mol. The molecule has 0 radical (unpaired) electrons. The van der Waals surface area contributed by atoms with Gasteiger partial charge in [-0.25, -0.2) is 0 Å². The molecule has 2 unspecified atom stereocenters. The fourth-order valence-electron chi connectivity index (χ4n) is 3.27. The van der Waals surface area contributed by atoms with E-state index in [9.17, 15) is 0 Å². The van der Waals surface area contributed by atoms with Crippen LogP contribution in [0.2, 0.25) is 0 Å². The molecule has 0 saturated carbocycles. The van der Waals surface area contributed by atoms with Gasteiger partial charge in [0.25, 0.3) is 0 Å². The number of nitrogens with zero attached hydrogens (tertiary/aromatic N) is 1. The molecule has 1 aliphatic heterocycles. The average Bonchev–Trinajstić information content (AvgIpc) is 2.66. The zero-order chi connectivity index (χ0) is 12.7. The van der Waals surface area contributed by atoms with Crippen molar-refractivity contribution in [2.75, 3.05) is 13.6 Å². The molecular formula is C15H21N3. The van der Waals surface area contributed by atoms with Gasteiger partial charge in [0.2, 0.25) is 0 Å². The van der Waals surface area contributed by atoms with Gasteiger partial charge in [0.05, 0.1) is 0 Å². The molecule has 3 rings (SSSR count). The lowest BCUT2D eigenvalue weighted by molar-refractivity contribution is 0.170. The fourth-order valence-corrected chi connectivity index (χ4v) is 3.27. The van der Waals surface area contributed by atoms with Crippen LogP contribution in [0.1, 0.15) is 30.1 Å². The van der Waals surface area contributed by atoms with Gasteiger partial charge in [-0.2, -0.15) is 0 Å². The van der Waals surface area contributed by atoms with Gasteiger partial charge in [-0.1, -0.05) is 18.2 Å². The highest BCUT2D eigenvalue weighted by atomic mass is 15.2. The molecule has 1 fully saturated rings. The first-order valence-electron chi connectivity index (χ1n) is 6.70. The molecule has 1 aliphatic rings. The summed E-state index contributed by atoms with van der Waals surface area (Å²) in [6.07, 6.45) is 2.27. The Labute approximate surface area is 108 Å². The highest BCUT2D eigenvalue weighted by Gasteiger charge is 2.27. The Morgan fingerprint density at radius 2 is 2.06 bits per heavy atom. The Balaban J connectivity index is 2.06. The van der Waals surface area contributed by atoms with Crippen LogP contribution in [-0.4, -0.2) is 29.5 Å². The number of aryl methyl sites for hydroxylation is 1. The van der Waals surface area contributed by atoms with Crippen molar-refractivity contribution < 1.29 is 0 Å². The molecule has 0 bridgehead atoms. The van der Waals surface area contributed by atoms with Crippen molar-refractivity contribution in [3.8, 4) is 0 Å². The minimum Gasteiger partial charge on any atom is -0.358 e. The molecule has 96 valence electrons. The number of hydrogen-bond donors (Lipinski definition) is 2. The third-order valence-electron chi connectivity index (χ3n) is 4.14. The molecule has 0 spiro atoms. The topological polar surface area (TPSA) is 45.1 Å². The van der Waals surface area contributed by atoms with Crippen molar-refractivity contribution in [1.82, 2.24) is 9.88 Å². The fraction of sp³-hybridized carbons (Fsp3) is 0.467. The normalized spacial score (nSPS) is 25.7. The van der Waals surface area contributed by atoms with Gasteiger partial charge in [-0.3, -0.25) is 4.90 Å². The largest absolute Gasteiger partial charge is 0.358 e. The summed E-state index contributed by atoms with van der Waals surface area (Å²) < 4.78 is 0. The molecule has 0 aliphatic carbocycles. The lowest BCUT2D eigenvalue weighted by Crippen LogP contribution is -2.42. The summed E-state index contributed by atoms with van der Waals surface area (Å²) in [5, 5.41) is 1.36. The van der Waals surface area contributed by atoms with Crippen LogP contribution in [-0.2, 0) is 0 Å². The van der Waals surface area contributed by atoms with Crippen LogP contribution in [0, 0.1) is 6.92 Å². The Kier molecular flexibility index (Phi) is 2.88. The summed E-state index contributed by atoms with van der Waals surface area (Å²) >= 11 is 0. The molecule has 2 aromatic rings. The Morgan fingerprint density at radius 1 is 1.28 bits per heavy atom. The zero-order valence-corrected chi connectivity index (χ0v) is 11.1. The number of likely N-dealkylation sites (tertiary alicyclic amines) is 1. The van der Waals surface area contributed by atoms with E-state index in [1.165, 1.54) is 22.2 Å². The van der Waals surface area contributed by atoms with Crippen LogP contribution >= 0.6 is 0 Å². The second kappa shape index (κ2) is 4.41. The van der Waals surface area contributed by atoms with E-state index in [2.05, 4.69) is 48.1 Å². The molecule has 0 amide bonds. The standard InChI is InChI=1S/C15H21N3/c1-10-15(12-5-3-4-6-13(12)17-10)14-8-7-11(16)9-18(14)2/h3-6,11,14,17H,7-9,16H2,1-2H3. The van der Waals surface area contributed by atoms with Crippen molar-refractivity contribution in [3.63, 3.8) is 0 Å². The number of likely N-dealkylation sites (N-methyl/N-ethyl adjacent to an activating group) is 1. The van der Waals surface area contributed by atoms with E-state index in [4.69, 9.17) is 5.73 Å². The highest BCUT2D eigenvalue weighted by Crippen LogP contribution is 2.35. The first kappa shape index (κ1) is 11.8. The van der Waals surface area contributed by atoms with E-state index >= 15 is 0 Å². The van der Waals surface area contributed by atoms with Crippen LogP contribution in [0.25, 0.3) is 10.9 Å². The molecule has 1 aromatic heterocycles. The van der Waals surface area contributed by atoms with E-state index < -0.39 is 0 Å². The molecular weight excluding hydrogens is 222 g/mol. The predicted molar refractivity (Wildman–Crippen MR) is 75.6 cm³/mol. The van der Waals surface area contributed by atoms with Crippen LogP contribution in [0.15, 0.2) is 24.3 Å². The first-order chi connectivity index (χ1) is 8.66. The van der Waals surface area contributed by atoms with Gasteiger partial charge in [0.15, 0.2) is 0 Å². The lowest BCUT2D eigenvalue weighted by Gasteiger charge is -2.36. The minimum absolute atomic E-state index is 0.330. The van der Waals surface area contributed by atoms with Gasteiger partial charge < -0.3 is 10.7 Å². The maximum atomic E-state index is 6.04. The first-order valence-corrected chi connectivity index (χ1v) is 6.70. The van der Waals surface area contributed by atoms with Crippen molar-refractivity contribution in [3.05, 3.63) is 35.5 Å². The third-order valence-corrected chi connectivity index (χ3v) is 4.14. The SMILES string of the molecule is Cc1[nH]c2ccccc2c1C1CCC(N)CN1C. The zero-order valence-electron chi connectivity index (χ0n) is 11.1. The van der Waals surface area contributed by atoms with Gasteiger partial charge >= 0.3 is 0 Å². The van der Waals surface area contributed by atoms with Crippen LogP contribution in [0.5, 0.6) is 0 Å². The molecule has 2 heterocycles. The Hall–Kier alpha value is -1.32. The quantitative estimate of drug-likeness (QED) is 0.808. The van der Waals surface area contributed by atoms with E-state index in [1.807, 2.05) is 0 Å². The molecule has 1 saturated heterocycles. The van der Waals surface area contributed by atoms with Gasteiger partial charge in [0.1, 0.15) is 0 Å². The van der Waals surface area contributed by atoms with Crippen LogP contribution < -0.4 is 5.73 Å². The molecule has 3 heteroatoms. The number of para-hydroxylation sites is 1. The number of aromatic nitrogens is 1. The van der Waals surface area contributed by atoms with Crippen LogP contribution in [0.4, 0.5) is 0 Å². The number of H-pyrrole nitrogens is 1. The molecule has 3 nitrogen and oxygen atoms in total. The summed E-state index contributed by atoms with van der Waals surface area (Å²) in [6.45, 7) is 3.17. The monoisotopic (exact) mass is 243 g/mol. The van der Waals surface area contributed by atoms with Gasteiger partial charge in [-0.05, 0) is 38.4 Å². The van der Waals surface area contributed by atoms with E-state index in [0.717, 1.165) is 19.4 Å². The number of aromatic amines is 1. The number of fused-ring (bicyclic) bond motifs is 1. The molecule has 18 heavy (non-hydrogen) atoms. The van der Waals surface area contributed by atoms with Gasteiger partial charge in [-0.15, -0.1) is 0 Å². The number of benzene rings is 1. The van der Waals surface area contributed by atoms with Crippen molar-refractivity contribution in [1.29, 1.82) is 0 Å². The Morgan fingerprint density at radius 3 is 2.83 bits per heavy atom. The number of hydrogen-bond acceptors (Lipinski definition) is 2. The second-order valence-corrected chi connectivity index (χ2v) is 5.50. The third kappa shape index (κ3) is 1.84. The summed E-state index contributed by atoms with van der Waals surface area (Å²) in [7, 11) is 2.19. The van der Waals surface area contributed by atoms with Crippen molar-refractivity contribution >= 4 is 10.9 Å². The number of nitrogens with two attached hydrogens (primary N) is 1. The van der Waals surface area contributed by atoms with Crippen molar-refractivity contribution in [2.24, 2.45) is 5.73 Å². The number of rotatable bonds is 1. The maximum Gasteiger partial charge on any atom is 0.0459 e. The predicted octanol–water partition coefficient (Wildman–Crippen LogP) is 2.57. The minimum atomic E-state index is 0.330.